The third-order valence-corrected chi connectivity index (χ3v) is 3.93. The van der Waals surface area contributed by atoms with E-state index < -0.39 is 5.82 Å². The van der Waals surface area contributed by atoms with Crippen LogP contribution in [0.2, 0.25) is 0 Å². The Kier molecular flexibility index (Phi) is 3.75. The van der Waals surface area contributed by atoms with Crippen LogP contribution < -0.4 is 0 Å². The minimum absolute atomic E-state index is 0.0802. The van der Waals surface area contributed by atoms with Crippen LogP contribution in [0, 0.1) is 11.6 Å². The Morgan fingerprint density at radius 2 is 1.90 bits per heavy atom. The van der Waals surface area contributed by atoms with Crippen LogP contribution in [0.3, 0.4) is 0 Å². The molecular weight excluding hydrogens is 294 g/mol. The van der Waals surface area contributed by atoms with Gasteiger partial charge in [0.15, 0.2) is 17.2 Å². The van der Waals surface area contributed by atoms with Crippen molar-refractivity contribution >= 4 is 28.5 Å². The number of Topliss-reactive ketones (excluding diaryl/α,β-unsaturated/α-hetero) is 1. The third-order valence-electron chi connectivity index (χ3n) is 2.94. The van der Waals surface area contributed by atoms with Crippen molar-refractivity contribution in [3.8, 4) is 0 Å². The molecule has 0 aliphatic heterocycles. The topological polar surface area (TPSA) is 30.2 Å². The maximum absolute atomic E-state index is 13.5. The molecule has 3 aromatic rings. The number of fused-ring (bicyclic) bond motifs is 1. The lowest BCUT2D eigenvalue weighted by molar-refractivity contribution is 0.0994. The molecule has 1 aromatic heterocycles. The van der Waals surface area contributed by atoms with E-state index in [0.29, 0.717) is 10.3 Å². The van der Waals surface area contributed by atoms with Crippen LogP contribution in [0.15, 0.2) is 57.8 Å². The standard InChI is InChI=1S/C16H10F2O2S/c17-11-4-2-5-12(8-11)21-9-14(19)15-7-10-3-1-6-13(18)16(10)20-15/h1-8H,9H2. The smallest absolute Gasteiger partial charge is 0.208 e. The molecule has 0 amide bonds. The monoisotopic (exact) mass is 304 g/mol. The molecule has 2 nitrogen and oxygen atoms in total. The SMILES string of the molecule is O=C(CSc1cccc(F)c1)c1cc2cccc(F)c2o1. The van der Waals surface area contributed by atoms with Gasteiger partial charge in [0.25, 0.3) is 0 Å². The van der Waals surface area contributed by atoms with Gasteiger partial charge in [0.2, 0.25) is 5.78 Å². The van der Waals surface area contributed by atoms with Crippen molar-refractivity contribution < 1.29 is 18.0 Å². The predicted octanol–water partition coefficient (Wildman–Crippen LogP) is 4.69. The van der Waals surface area contributed by atoms with Gasteiger partial charge in [0, 0.05) is 10.3 Å². The summed E-state index contributed by atoms with van der Waals surface area (Å²) in [6, 6.07) is 12.0. The first-order chi connectivity index (χ1) is 10.1. The van der Waals surface area contributed by atoms with Crippen LogP contribution in [0.1, 0.15) is 10.6 Å². The summed E-state index contributed by atoms with van der Waals surface area (Å²) >= 11 is 1.21. The van der Waals surface area contributed by atoms with Crippen molar-refractivity contribution in [3.63, 3.8) is 0 Å². The first kappa shape index (κ1) is 13.8. The molecule has 106 valence electrons. The van der Waals surface area contributed by atoms with Gasteiger partial charge in [-0.05, 0) is 30.3 Å². The lowest BCUT2D eigenvalue weighted by Crippen LogP contribution is -2.00. The first-order valence-electron chi connectivity index (χ1n) is 6.23. The number of hydrogen-bond donors (Lipinski definition) is 0. The van der Waals surface area contributed by atoms with E-state index in [-0.39, 0.29) is 28.7 Å². The number of carbonyl (C=O) groups is 1. The number of ketones is 1. The molecule has 0 N–H and O–H groups in total. The second-order valence-electron chi connectivity index (χ2n) is 4.44. The third kappa shape index (κ3) is 2.97. The van der Waals surface area contributed by atoms with Crippen LogP contribution in [0.4, 0.5) is 8.78 Å². The van der Waals surface area contributed by atoms with Crippen molar-refractivity contribution in [3.05, 3.63) is 65.9 Å². The van der Waals surface area contributed by atoms with Gasteiger partial charge in [-0.2, -0.15) is 0 Å². The Bertz CT molecular complexity index is 811. The number of thioether (sulfide) groups is 1. The Morgan fingerprint density at radius 3 is 2.67 bits per heavy atom. The molecule has 0 spiro atoms. The van der Waals surface area contributed by atoms with E-state index in [2.05, 4.69) is 0 Å². The summed E-state index contributed by atoms with van der Waals surface area (Å²) in [6.07, 6.45) is 0. The number of furan rings is 1. The predicted molar refractivity (Wildman–Crippen MR) is 77.6 cm³/mol. The normalized spacial score (nSPS) is 11.0. The molecule has 0 bridgehead atoms. The number of benzene rings is 2. The van der Waals surface area contributed by atoms with Gasteiger partial charge in [0.05, 0.1) is 5.75 Å². The Balaban J connectivity index is 1.76. The molecule has 0 atom stereocenters. The molecule has 3 rings (SSSR count). The molecular formula is C16H10F2O2S. The summed E-state index contributed by atoms with van der Waals surface area (Å²) in [7, 11) is 0. The number of hydrogen-bond acceptors (Lipinski definition) is 3. The van der Waals surface area contributed by atoms with Crippen molar-refractivity contribution in [2.75, 3.05) is 5.75 Å². The average Bonchev–Trinajstić information content (AvgIpc) is 2.90. The number of para-hydroxylation sites is 1. The van der Waals surface area contributed by atoms with E-state index >= 15 is 0 Å². The number of carbonyl (C=O) groups excluding carboxylic acids is 1. The second-order valence-corrected chi connectivity index (χ2v) is 5.49. The second kappa shape index (κ2) is 5.69. The molecule has 0 unspecified atom stereocenters. The van der Waals surface area contributed by atoms with Gasteiger partial charge < -0.3 is 4.42 Å². The van der Waals surface area contributed by atoms with Gasteiger partial charge in [-0.15, -0.1) is 11.8 Å². The van der Waals surface area contributed by atoms with Gasteiger partial charge in [0.1, 0.15) is 5.82 Å². The Labute approximate surface area is 123 Å². The highest BCUT2D eigenvalue weighted by atomic mass is 32.2. The number of rotatable bonds is 4. The molecule has 2 aromatic carbocycles. The van der Waals surface area contributed by atoms with Crippen molar-refractivity contribution in [2.45, 2.75) is 4.90 Å². The van der Waals surface area contributed by atoms with E-state index in [0.717, 1.165) is 0 Å². The summed E-state index contributed by atoms with van der Waals surface area (Å²) in [6.45, 7) is 0. The molecule has 21 heavy (non-hydrogen) atoms. The van der Waals surface area contributed by atoms with Crippen LogP contribution in [-0.4, -0.2) is 11.5 Å². The van der Waals surface area contributed by atoms with Gasteiger partial charge in [-0.3, -0.25) is 4.79 Å². The van der Waals surface area contributed by atoms with Crippen molar-refractivity contribution in [2.24, 2.45) is 0 Å². The zero-order valence-electron chi connectivity index (χ0n) is 10.8. The zero-order valence-corrected chi connectivity index (χ0v) is 11.6. The van der Waals surface area contributed by atoms with Crippen LogP contribution >= 0.6 is 11.8 Å². The van der Waals surface area contributed by atoms with Crippen molar-refractivity contribution in [1.82, 2.24) is 0 Å². The van der Waals surface area contributed by atoms with Crippen LogP contribution in [0.25, 0.3) is 11.0 Å². The summed E-state index contributed by atoms with van der Waals surface area (Å²) in [5.74, 6) is -0.897. The molecule has 1 heterocycles. The minimum atomic E-state index is -0.496. The largest absolute Gasteiger partial charge is 0.450 e. The Morgan fingerprint density at radius 1 is 1.10 bits per heavy atom. The molecule has 0 aliphatic carbocycles. The highest BCUT2D eigenvalue weighted by Crippen LogP contribution is 2.25. The molecule has 0 radical (unpaired) electrons. The van der Waals surface area contributed by atoms with E-state index in [1.54, 1.807) is 24.3 Å². The highest BCUT2D eigenvalue weighted by molar-refractivity contribution is 8.00. The quantitative estimate of drug-likeness (QED) is 0.517. The molecule has 0 aliphatic rings. The Hall–Kier alpha value is -2.14. The molecule has 0 saturated heterocycles. The summed E-state index contributed by atoms with van der Waals surface area (Å²) in [5.41, 5.74) is 0.0802. The van der Waals surface area contributed by atoms with E-state index in [1.165, 1.54) is 36.0 Å². The minimum Gasteiger partial charge on any atom is -0.450 e. The molecule has 0 fully saturated rings. The maximum Gasteiger partial charge on any atom is 0.208 e. The fraction of sp³-hybridized carbons (Fsp3) is 0.0625. The van der Waals surface area contributed by atoms with Crippen LogP contribution in [0.5, 0.6) is 0 Å². The van der Waals surface area contributed by atoms with Gasteiger partial charge in [-0.25, -0.2) is 8.78 Å². The first-order valence-corrected chi connectivity index (χ1v) is 7.22. The van der Waals surface area contributed by atoms with E-state index in [4.69, 9.17) is 4.42 Å². The fourth-order valence-electron chi connectivity index (χ4n) is 1.94. The molecule has 5 heteroatoms. The van der Waals surface area contributed by atoms with Crippen LogP contribution in [-0.2, 0) is 0 Å². The fourth-order valence-corrected chi connectivity index (χ4v) is 2.75. The zero-order chi connectivity index (χ0) is 14.8. The maximum atomic E-state index is 13.5. The summed E-state index contributed by atoms with van der Waals surface area (Å²) in [5, 5.41) is 0.550. The van der Waals surface area contributed by atoms with E-state index in [9.17, 15) is 13.6 Å². The molecule has 0 saturated carbocycles. The van der Waals surface area contributed by atoms with Crippen molar-refractivity contribution in [1.29, 1.82) is 0 Å². The highest BCUT2D eigenvalue weighted by Gasteiger charge is 2.14. The van der Waals surface area contributed by atoms with Gasteiger partial charge in [-0.1, -0.05) is 18.2 Å². The lowest BCUT2D eigenvalue weighted by atomic mass is 10.2. The number of halogens is 2. The summed E-state index contributed by atoms with van der Waals surface area (Å²) < 4.78 is 31.8. The van der Waals surface area contributed by atoms with Gasteiger partial charge >= 0.3 is 0 Å². The van der Waals surface area contributed by atoms with E-state index in [1.807, 2.05) is 0 Å². The lowest BCUT2D eigenvalue weighted by Gasteiger charge is -1.99. The average molecular weight is 304 g/mol. The summed E-state index contributed by atoms with van der Waals surface area (Å²) in [4.78, 5) is 12.7.